The summed E-state index contributed by atoms with van der Waals surface area (Å²) in [5.41, 5.74) is 1.12. The van der Waals surface area contributed by atoms with Crippen LogP contribution in [0.1, 0.15) is 32.0 Å². The third-order valence-corrected chi connectivity index (χ3v) is 3.65. The summed E-state index contributed by atoms with van der Waals surface area (Å²) in [7, 11) is 1.68. The van der Waals surface area contributed by atoms with Gasteiger partial charge in [-0.1, -0.05) is 37.3 Å². The van der Waals surface area contributed by atoms with E-state index >= 15 is 0 Å². The largest absolute Gasteiger partial charge is 0.383 e. The van der Waals surface area contributed by atoms with Crippen LogP contribution in [0.2, 0.25) is 0 Å². The highest BCUT2D eigenvalue weighted by Crippen LogP contribution is 2.28. The number of benzene rings is 1. The average Bonchev–Trinajstić information content (AvgIpc) is 2.74. The molecule has 1 aliphatic heterocycles. The number of nitrogens with zero attached hydrogens (tertiary/aromatic N) is 1. The van der Waals surface area contributed by atoms with E-state index in [-0.39, 0.29) is 24.2 Å². The van der Waals surface area contributed by atoms with Crippen LogP contribution >= 0.6 is 0 Å². The van der Waals surface area contributed by atoms with Crippen molar-refractivity contribution in [1.82, 2.24) is 10.2 Å². The van der Waals surface area contributed by atoms with E-state index in [0.29, 0.717) is 6.61 Å². The van der Waals surface area contributed by atoms with Gasteiger partial charge in [0.25, 0.3) is 0 Å². The lowest BCUT2D eigenvalue weighted by molar-refractivity contribution is -0.133. The van der Waals surface area contributed by atoms with Gasteiger partial charge in [0, 0.05) is 7.11 Å². The van der Waals surface area contributed by atoms with Crippen LogP contribution in [0.15, 0.2) is 30.3 Å². The van der Waals surface area contributed by atoms with E-state index in [1.54, 1.807) is 7.11 Å². The van der Waals surface area contributed by atoms with Gasteiger partial charge in [-0.2, -0.15) is 0 Å². The fourth-order valence-electron chi connectivity index (χ4n) is 2.61. The standard InChI is InChI=1S/C15H22N2O2/c1-4-13(10-19-3)17-14(16-11(2)15(17)18)12-8-6-5-7-9-12/h5-9,11,13-14,16H,4,10H2,1-3H3. The molecule has 3 atom stereocenters. The van der Waals surface area contributed by atoms with E-state index in [0.717, 1.165) is 12.0 Å². The van der Waals surface area contributed by atoms with Crippen LogP contribution in [0, 0.1) is 0 Å². The van der Waals surface area contributed by atoms with Gasteiger partial charge in [0.2, 0.25) is 5.91 Å². The molecule has 104 valence electrons. The highest BCUT2D eigenvalue weighted by atomic mass is 16.5. The predicted molar refractivity (Wildman–Crippen MR) is 74.6 cm³/mol. The summed E-state index contributed by atoms with van der Waals surface area (Å²) in [5, 5.41) is 3.36. The van der Waals surface area contributed by atoms with Crippen LogP contribution in [-0.2, 0) is 9.53 Å². The minimum atomic E-state index is -0.142. The van der Waals surface area contributed by atoms with E-state index in [4.69, 9.17) is 4.74 Å². The Balaban J connectivity index is 2.28. The van der Waals surface area contributed by atoms with Gasteiger partial charge < -0.3 is 9.64 Å². The molecule has 1 aromatic carbocycles. The van der Waals surface area contributed by atoms with E-state index in [9.17, 15) is 4.79 Å². The molecule has 1 aliphatic rings. The van der Waals surface area contributed by atoms with Gasteiger partial charge >= 0.3 is 0 Å². The molecule has 4 nitrogen and oxygen atoms in total. The Bertz CT molecular complexity index is 421. The first-order chi connectivity index (χ1) is 9.19. The molecule has 4 heteroatoms. The van der Waals surface area contributed by atoms with Gasteiger partial charge in [0.1, 0.15) is 6.17 Å². The first-order valence-corrected chi connectivity index (χ1v) is 6.81. The summed E-state index contributed by atoms with van der Waals surface area (Å²) in [6.45, 7) is 4.57. The first kappa shape index (κ1) is 14.0. The SMILES string of the molecule is CCC(COC)N1C(=O)C(C)NC1c1ccccc1. The van der Waals surface area contributed by atoms with Crippen molar-refractivity contribution in [1.29, 1.82) is 0 Å². The normalized spacial score (nSPS) is 24.8. The second kappa shape index (κ2) is 6.17. The second-order valence-corrected chi connectivity index (χ2v) is 4.96. The third-order valence-electron chi connectivity index (χ3n) is 3.65. The van der Waals surface area contributed by atoms with Crippen molar-refractivity contribution in [2.45, 2.75) is 38.5 Å². The summed E-state index contributed by atoms with van der Waals surface area (Å²) >= 11 is 0. The molecule has 19 heavy (non-hydrogen) atoms. The zero-order valence-corrected chi connectivity index (χ0v) is 11.8. The number of carbonyl (C=O) groups is 1. The van der Waals surface area contributed by atoms with Gasteiger partial charge in [0.05, 0.1) is 18.7 Å². The number of methoxy groups -OCH3 is 1. The van der Waals surface area contributed by atoms with Crippen LogP contribution in [0.3, 0.4) is 0 Å². The monoisotopic (exact) mass is 262 g/mol. The summed E-state index contributed by atoms with van der Waals surface area (Å²) in [5.74, 6) is 0.151. The topological polar surface area (TPSA) is 41.6 Å². The Kier molecular flexibility index (Phi) is 4.56. The summed E-state index contributed by atoms with van der Waals surface area (Å²) in [4.78, 5) is 14.3. The number of amides is 1. The number of rotatable bonds is 5. The molecule has 3 unspecified atom stereocenters. The van der Waals surface area contributed by atoms with E-state index in [1.165, 1.54) is 0 Å². The molecule has 1 amide bonds. The Morgan fingerprint density at radius 2 is 2.05 bits per heavy atom. The molecule has 1 saturated heterocycles. The Morgan fingerprint density at radius 3 is 2.63 bits per heavy atom. The maximum atomic E-state index is 12.4. The predicted octanol–water partition coefficient (Wildman–Crippen LogP) is 1.93. The Labute approximate surface area is 114 Å². The molecule has 0 spiro atoms. The zero-order valence-electron chi connectivity index (χ0n) is 11.8. The summed E-state index contributed by atoms with van der Waals surface area (Å²) in [6.07, 6.45) is 0.834. The van der Waals surface area contributed by atoms with Crippen molar-refractivity contribution in [3.63, 3.8) is 0 Å². The van der Waals surface area contributed by atoms with Gasteiger partial charge in [-0.25, -0.2) is 0 Å². The molecule has 0 aliphatic carbocycles. The van der Waals surface area contributed by atoms with Crippen LogP contribution in [-0.4, -0.2) is 36.6 Å². The summed E-state index contributed by atoms with van der Waals surface area (Å²) in [6, 6.07) is 10.1. The minimum Gasteiger partial charge on any atom is -0.383 e. The van der Waals surface area contributed by atoms with Crippen molar-refractivity contribution < 1.29 is 9.53 Å². The summed E-state index contributed by atoms with van der Waals surface area (Å²) < 4.78 is 5.25. The molecule has 2 rings (SSSR count). The van der Waals surface area contributed by atoms with Gasteiger partial charge in [-0.3, -0.25) is 10.1 Å². The van der Waals surface area contributed by atoms with Crippen molar-refractivity contribution in [3.8, 4) is 0 Å². The number of hydrogen-bond acceptors (Lipinski definition) is 3. The van der Waals surface area contributed by atoms with E-state index in [1.807, 2.05) is 30.0 Å². The van der Waals surface area contributed by atoms with Gasteiger partial charge in [-0.05, 0) is 18.9 Å². The third kappa shape index (κ3) is 2.80. The van der Waals surface area contributed by atoms with Crippen molar-refractivity contribution in [2.24, 2.45) is 0 Å². The first-order valence-electron chi connectivity index (χ1n) is 6.81. The lowest BCUT2D eigenvalue weighted by Gasteiger charge is -2.32. The van der Waals surface area contributed by atoms with E-state index < -0.39 is 0 Å². The van der Waals surface area contributed by atoms with Crippen molar-refractivity contribution in [2.75, 3.05) is 13.7 Å². The average molecular weight is 262 g/mol. The van der Waals surface area contributed by atoms with Gasteiger partial charge in [-0.15, -0.1) is 0 Å². The molecule has 1 N–H and O–H groups in total. The van der Waals surface area contributed by atoms with Crippen LogP contribution in [0.25, 0.3) is 0 Å². The molecule has 0 aromatic heterocycles. The smallest absolute Gasteiger partial charge is 0.241 e. The molecule has 1 aromatic rings. The number of carbonyl (C=O) groups excluding carboxylic acids is 1. The minimum absolute atomic E-state index is 0.0520. The molecule has 1 heterocycles. The fourth-order valence-corrected chi connectivity index (χ4v) is 2.61. The van der Waals surface area contributed by atoms with Gasteiger partial charge in [0.15, 0.2) is 0 Å². The lowest BCUT2D eigenvalue weighted by Crippen LogP contribution is -2.42. The molecule has 0 radical (unpaired) electrons. The van der Waals surface area contributed by atoms with Crippen molar-refractivity contribution >= 4 is 5.91 Å². The highest BCUT2D eigenvalue weighted by Gasteiger charge is 2.40. The quantitative estimate of drug-likeness (QED) is 0.881. The van der Waals surface area contributed by atoms with Crippen LogP contribution in [0.5, 0.6) is 0 Å². The number of ether oxygens (including phenoxy) is 1. The molecular weight excluding hydrogens is 240 g/mol. The van der Waals surface area contributed by atoms with Crippen molar-refractivity contribution in [3.05, 3.63) is 35.9 Å². The van der Waals surface area contributed by atoms with Crippen LogP contribution < -0.4 is 5.32 Å². The number of nitrogens with one attached hydrogen (secondary N) is 1. The Hall–Kier alpha value is -1.39. The van der Waals surface area contributed by atoms with E-state index in [2.05, 4.69) is 24.4 Å². The molecular formula is C15H22N2O2. The number of hydrogen-bond donors (Lipinski definition) is 1. The fraction of sp³-hybridized carbons (Fsp3) is 0.533. The maximum Gasteiger partial charge on any atom is 0.241 e. The Morgan fingerprint density at radius 1 is 1.37 bits per heavy atom. The molecule has 0 bridgehead atoms. The van der Waals surface area contributed by atoms with Crippen LogP contribution in [0.4, 0.5) is 0 Å². The lowest BCUT2D eigenvalue weighted by atomic mass is 10.1. The molecule has 0 saturated carbocycles. The maximum absolute atomic E-state index is 12.4. The second-order valence-electron chi connectivity index (χ2n) is 4.96. The highest BCUT2D eigenvalue weighted by molar-refractivity contribution is 5.84. The molecule has 1 fully saturated rings. The zero-order chi connectivity index (χ0) is 13.8.